The SMILES string of the molecule is CN(CCCc1cc(-c2ccccc2)n[nH]1)C(=O)c1nnn(-c2ccc(F)cc2)c1C(F)(F)F. The standard InChI is InChI=1S/C23H20F4N6O/c1-32(13-5-8-17-14-19(29-28-17)15-6-3-2-4-7-15)22(34)20-21(23(25,26)27)33(31-30-20)18-11-9-16(24)10-12-18/h2-4,6-7,9-12,14H,5,8,13H2,1H3,(H,28,29). The van der Waals surface area contributed by atoms with Gasteiger partial charge in [-0.1, -0.05) is 35.5 Å². The predicted molar refractivity (Wildman–Crippen MR) is 116 cm³/mol. The van der Waals surface area contributed by atoms with Gasteiger partial charge in [0.2, 0.25) is 0 Å². The summed E-state index contributed by atoms with van der Waals surface area (Å²) < 4.78 is 55.0. The molecule has 4 rings (SSSR count). The molecule has 2 aromatic carbocycles. The van der Waals surface area contributed by atoms with E-state index in [4.69, 9.17) is 0 Å². The summed E-state index contributed by atoms with van der Waals surface area (Å²) in [5.41, 5.74) is 0.409. The van der Waals surface area contributed by atoms with Gasteiger partial charge >= 0.3 is 6.18 Å². The monoisotopic (exact) mass is 472 g/mol. The van der Waals surface area contributed by atoms with Crippen molar-refractivity contribution in [3.05, 3.63) is 83.6 Å². The van der Waals surface area contributed by atoms with E-state index in [1.165, 1.54) is 11.9 Å². The van der Waals surface area contributed by atoms with Gasteiger partial charge in [0.05, 0.1) is 11.4 Å². The highest BCUT2D eigenvalue weighted by atomic mass is 19.4. The minimum atomic E-state index is -4.90. The molecular weight excluding hydrogens is 452 g/mol. The van der Waals surface area contributed by atoms with E-state index in [-0.39, 0.29) is 12.2 Å². The first-order chi connectivity index (χ1) is 16.2. The van der Waals surface area contributed by atoms with Gasteiger partial charge in [-0.05, 0) is 43.2 Å². The van der Waals surface area contributed by atoms with E-state index < -0.39 is 29.3 Å². The van der Waals surface area contributed by atoms with Crippen molar-refractivity contribution in [3.63, 3.8) is 0 Å². The summed E-state index contributed by atoms with van der Waals surface area (Å²) in [6.07, 6.45) is -3.86. The van der Waals surface area contributed by atoms with Crippen LogP contribution in [0.15, 0.2) is 60.7 Å². The average Bonchev–Trinajstić information content (AvgIpc) is 3.47. The number of nitrogens with one attached hydrogen (secondary N) is 1. The van der Waals surface area contributed by atoms with Crippen LogP contribution in [0.2, 0.25) is 0 Å². The van der Waals surface area contributed by atoms with Gasteiger partial charge in [-0.3, -0.25) is 9.89 Å². The Morgan fingerprint density at radius 1 is 1.09 bits per heavy atom. The number of hydrogen-bond donors (Lipinski definition) is 1. The van der Waals surface area contributed by atoms with Gasteiger partial charge in [0.1, 0.15) is 5.82 Å². The summed E-state index contributed by atoms with van der Waals surface area (Å²) in [5.74, 6) is -1.52. The maximum atomic E-state index is 13.8. The number of alkyl halides is 3. The first kappa shape index (κ1) is 23.1. The normalized spacial score (nSPS) is 11.6. The van der Waals surface area contributed by atoms with Gasteiger partial charge in [-0.2, -0.15) is 18.3 Å². The van der Waals surface area contributed by atoms with Crippen molar-refractivity contribution in [1.29, 1.82) is 0 Å². The van der Waals surface area contributed by atoms with Gasteiger partial charge in [0, 0.05) is 24.8 Å². The lowest BCUT2D eigenvalue weighted by Gasteiger charge is -2.17. The van der Waals surface area contributed by atoms with Crippen LogP contribution in [-0.2, 0) is 12.6 Å². The van der Waals surface area contributed by atoms with Crippen molar-refractivity contribution in [2.75, 3.05) is 13.6 Å². The zero-order valence-corrected chi connectivity index (χ0v) is 18.1. The van der Waals surface area contributed by atoms with Gasteiger partial charge in [-0.25, -0.2) is 9.07 Å². The molecule has 0 radical (unpaired) electrons. The van der Waals surface area contributed by atoms with Crippen LogP contribution in [0.25, 0.3) is 16.9 Å². The van der Waals surface area contributed by atoms with E-state index in [0.717, 1.165) is 41.2 Å². The van der Waals surface area contributed by atoms with Crippen molar-refractivity contribution >= 4 is 5.91 Å². The molecule has 4 aromatic rings. The zero-order valence-electron chi connectivity index (χ0n) is 18.1. The summed E-state index contributed by atoms with van der Waals surface area (Å²) in [5, 5.41) is 14.2. The molecule has 0 unspecified atom stereocenters. The number of carbonyl (C=O) groups is 1. The van der Waals surface area contributed by atoms with Crippen LogP contribution in [-0.4, -0.2) is 49.6 Å². The molecule has 0 aliphatic carbocycles. The Morgan fingerprint density at radius 2 is 1.79 bits per heavy atom. The Kier molecular flexibility index (Phi) is 6.44. The minimum absolute atomic E-state index is 0.0589. The Hall–Kier alpha value is -4.02. The Labute approximate surface area is 192 Å². The van der Waals surface area contributed by atoms with Gasteiger partial charge in [0.15, 0.2) is 11.4 Å². The molecular formula is C23H20F4N6O. The van der Waals surface area contributed by atoms with E-state index in [2.05, 4.69) is 20.5 Å². The van der Waals surface area contributed by atoms with Crippen LogP contribution in [0.5, 0.6) is 0 Å². The first-order valence-corrected chi connectivity index (χ1v) is 10.4. The quantitative estimate of drug-likeness (QED) is 0.401. The van der Waals surface area contributed by atoms with Crippen LogP contribution in [0.4, 0.5) is 17.6 Å². The molecule has 0 saturated heterocycles. The van der Waals surface area contributed by atoms with Crippen molar-refractivity contribution in [3.8, 4) is 16.9 Å². The number of aryl methyl sites for hydroxylation is 1. The maximum absolute atomic E-state index is 13.8. The topological polar surface area (TPSA) is 79.7 Å². The van der Waals surface area contributed by atoms with Crippen LogP contribution in [0.1, 0.15) is 28.3 Å². The molecule has 0 bridgehead atoms. The summed E-state index contributed by atoms with van der Waals surface area (Å²) in [4.78, 5) is 13.9. The molecule has 34 heavy (non-hydrogen) atoms. The fourth-order valence-corrected chi connectivity index (χ4v) is 3.48. The smallest absolute Gasteiger partial charge is 0.340 e. The molecule has 0 aliphatic heterocycles. The largest absolute Gasteiger partial charge is 0.435 e. The van der Waals surface area contributed by atoms with Crippen molar-refractivity contribution < 1.29 is 22.4 Å². The minimum Gasteiger partial charge on any atom is -0.340 e. The van der Waals surface area contributed by atoms with Gasteiger partial charge < -0.3 is 4.90 Å². The molecule has 0 aliphatic rings. The van der Waals surface area contributed by atoms with Gasteiger partial charge in [-0.15, -0.1) is 5.10 Å². The molecule has 2 heterocycles. The highest BCUT2D eigenvalue weighted by Crippen LogP contribution is 2.33. The number of nitrogens with zero attached hydrogens (tertiary/aromatic N) is 5. The molecule has 1 amide bonds. The lowest BCUT2D eigenvalue weighted by molar-refractivity contribution is -0.143. The number of halogens is 4. The highest BCUT2D eigenvalue weighted by molar-refractivity contribution is 5.93. The molecule has 0 atom stereocenters. The summed E-state index contributed by atoms with van der Waals surface area (Å²) in [6, 6.07) is 15.8. The number of H-pyrrole nitrogens is 1. The molecule has 0 fully saturated rings. The van der Waals surface area contributed by atoms with Crippen LogP contribution >= 0.6 is 0 Å². The number of amides is 1. The van der Waals surface area contributed by atoms with E-state index in [1.807, 2.05) is 36.4 Å². The van der Waals surface area contributed by atoms with Crippen molar-refractivity contribution in [2.45, 2.75) is 19.0 Å². The number of hydrogen-bond acceptors (Lipinski definition) is 4. The van der Waals surface area contributed by atoms with Crippen LogP contribution in [0, 0.1) is 5.82 Å². The second-order valence-electron chi connectivity index (χ2n) is 7.65. The lowest BCUT2D eigenvalue weighted by atomic mass is 10.1. The molecule has 176 valence electrons. The van der Waals surface area contributed by atoms with E-state index in [9.17, 15) is 22.4 Å². The summed E-state index contributed by atoms with van der Waals surface area (Å²) in [7, 11) is 1.40. The second-order valence-corrected chi connectivity index (χ2v) is 7.65. The van der Waals surface area contributed by atoms with Crippen LogP contribution in [0.3, 0.4) is 0 Å². The van der Waals surface area contributed by atoms with Crippen LogP contribution < -0.4 is 0 Å². The molecule has 2 aromatic heterocycles. The van der Waals surface area contributed by atoms with Gasteiger partial charge in [0.25, 0.3) is 5.91 Å². The first-order valence-electron chi connectivity index (χ1n) is 10.4. The molecule has 1 N–H and O–H groups in total. The molecule has 0 spiro atoms. The van der Waals surface area contributed by atoms with Crippen molar-refractivity contribution in [1.82, 2.24) is 30.1 Å². The summed E-state index contributed by atoms with van der Waals surface area (Å²) >= 11 is 0. The molecule has 7 nitrogen and oxygen atoms in total. The molecule has 11 heteroatoms. The zero-order chi connectivity index (χ0) is 24.3. The average molecular weight is 472 g/mol. The van der Waals surface area contributed by atoms with Crippen molar-refractivity contribution in [2.24, 2.45) is 0 Å². The molecule has 0 saturated carbocycles. The predicted octanol–water partition coefficient (Wildman–Crippen LogP) is 4.52. The fraction of sp³-hybridized carbons (Fsp3) is 0.217. The fourth-order valence-electron chi connectivity index (χ4n) is 3.48. The number of carbonyl (C=O) groups excluding carboxylic acids is 1. The van der Waals surface area contributed by atoms with E-state index >= 15 is 0 Å². The number of aromatic amines is 1. The van der Waals surface area contributed by atoms with E-state index in [1.54, 1.807) is 0 Å². The number of benzene rings is 2. The highest BCUT2D eigenvalue weighted by Gasteiger charge is 2.42. The number of aromatic nitrogens is 5. The Balaban J connectivity index is 1.44. The van der Waals surface area contributed by atoms with E-state index in [0.29, 0.717) is 17.5 Å². The second kappa shape index (κ2) is 9.46. The Morgan fingerprint density at radius 3 is 2.47 bits per heavy atom. The summed E-state index contributed by atoms with van der Waals surface area (Å²) in [6.45, 7) is 0.194. The lowest BCUT2D eigenvalue weighted by Crippen LogP contribution is -2.30. The maximum Gasteiger partial charge on any atom is 0.435 e. The third-order valence-electron chi connectivity index (χ3n) is 5.20. The third kappa shape index (κ3) is 4.98. The number of rotatable bonds is 7. The Bertz CT molecular complexity index is 1260. The third-order valence-corrected chi connectivity index (χ3v) is 5.20.